The van der Waals surface area contributed by atoms with E-state index in [4.69, 9.17) is 0 Å². The molecule has 0 saturated carbocycles. The standard InChI is InChI=1S/C17H22N2O/c1-5-16-14(7-6-10-18(16)3)11-13(2)15-8-9-17(20)19(4)12-15/h5,8-9,11-12H,1,6-7,10H2,2-4H3/b13-11+. The van der Waals surface area contributed by atoms with Crippen molar-refractivity contribution in [1.29, 1.82) is 0 Å². The largest absolute Gasteiger partial charge is 0.374 e. The van der Waals surface area contributed by atoms with Gasteiger partial charge in [-0.3, -0.25) is 4.79 Å². The van der Waals surface area contributed by atoms with E-state index in [1.54, 1.807) is 17.7 Å². The second kappa shape index (κ2) is 5.95. The van der Waals surface area contributed by atoms with Crippen molar-refractivity contribution in [3.63, 3.8) is 0 Å². The maximum atomic E-state index is 11.4. The van der Waals surface area contributed by atoms with Crippen LogP contribution in [-0.4, -0.2) is 23.1 Å². The molecule has 0 atom stereocenters. The molecule has 1 aliphatic heterocycles. The van der Waals surface area contributed by atoms with Crippen LogP contribution in [0.3, 0.4) is 0 Å². The first-order valence-corrected chi connectivity index (χ1v) is 6.95. The molecule has 0 aliphatic carbocycles. The Balaban J connectivity index is 2.40. The fourth-order valence-electron chi connectivity index (χ4n) is 2.61. The number of hydrogen-bond donors (Lipinski definition) is 0. The van der Waals surface area contributed by atoms with E-state index in [0.717, 1.165) is 18.5 Å². The molecular formula is C17H22N2O. The minimum Gasteiger partial charge on any atom is -0.374 e. The van der Waals surface area contributed by atoms with Gasteiger partial charge in [0.15, 0.2) is 0 Å². The summed E-state index contributed by atoms with van der Waals surface area (Å²) in [6.07, 6.45) is 8.27. The van der Waals surface area contributed by atoms with Crippen molar-refractivity contribution in [3.8, 4) is 0 Å². The van der Waals surface area contributed by atoms with Gasteiger partial charge in [-0.15, -0.1) is 0 Å². The molecule has 2 heterocycles. The Morgan fingerprint density at radius 3 is 2.75 bits per heavy atom. The van der Waals surface area contributed by atoms with Gasteiger partial charge in [0.05, 0.1) is 0 Å². The summed E-state index contributed by atoms with van der Waals surface area (Å²) in [6, 6.07) is 3.50. The van der Waals surface area contributed by atoms with Gasteiger partial charge in [0.2, 0.25) is 5.56 Å². The predicted molar refractivity (Wildman–Crippen MR) is 84.4 cm³/mol. The van der Waals surface area contributed by atoms with Crippen molar-refractivity contribution in [2.24, 2.45) is 7.05 Å². The summed E-state index contributed by atoms with van der Waals surface area (Å²) in [5, 5.41) is 0. The van der Waals surface area contributed by atoms with Crippen molar-refractivity contribution in [2.45, 2.75) is 19.8 Å². The van der Waals surface area contributed by atoms with Crippen LogP contribution in [0.25, 0.3) is 5.57 Å². The predicted octanol–water partition coefficient (Wildman–Crippen LogP) is 2.95. The van der Waals surface area contributed by atoms with E-state index in [1.807, 2.05) is 18.3 Å². The second-order valence-corrected chi connectivity index (χ2v) is 5.33. The highest BCUT2D eigenvalue weighted by Crippen LogP contribution is 2.25. The lowest BCUT2D eigenvalue weighted by Gasteiger charge is -2.28. The average Bonchev–Trinajstić information content (AvgIpc) is 2.42. The van der Waals surface area contributed by atoms with Gasteiger partial charge in [0.25, 0.3) is 0 Å². The van der Waals surface area contributed by atoms with Crippen LogP contribution < -0.4 is 5.56 Å². The molecule has 0 saturated heterocycles. The van der Waals surface area contributed by atoms with Crippen LogP contribution >= 0.6 is 0 Å². The molecule has 0 bridgehead atoms. The van der Waals surface area contributed by atoms with E-state index in [9.17, 15) is 4.79 Å². The Bertz CT molecular complexity index is 635. The van der Waals surface area contributed by atoms with E-state index < -0.39 is 0 Å². The summed E-state index contributed by atoms with van der Waals surface area (Å²) in [7, 11) is 3.88. The Kier molecular flexibility index (Phi) is 4.28. The molecule has 106 valence electrons. The molecule has 0 amide bonds. The molecule has 0 spiro atoms. The summed E-state index contributed by atoms with van der Waals surface area (Å²) in [4.78, 5) is 13.7. The second-order valence-electron chi connectivity index (χ2n) is 5.33. The van der Waals surface area contributed by atoms with Gasteiger partial charge < -0.3 is 9.47 Å². The van der Waals surface area contributed by atoms with E-state index in [-0.39, 0.29) is 5.56 Å². The molecule has 0 fully saturated rings. The van der Waals surface area contributed by atoms with Gasteiger partial charge in [-0.1, -0.05) is 12.7 Å². The van der Waals surface area contributed by atoms with Crippen LogP contribution in [0.5, 0.6) is 0 Å². The number of rotatable bonds is 3. The van der Waals surface area contributed by atoms with Gasteiger partial charge in [0.1, 0.15) is 0 Å². The number of aryl methyl sites for hydroxylation is 1. The number of nitrogens with zero attached hydrogens (tertiary/aromatic N) is 2. The van der Waals surface area contributed by atoms with E-state index in [0.29, 0.717) is 0 Å². The van der Waals surface area contributed by atoms with Gasteiger partial charge in [0, 0.05) is 38.6 Å². The van der Waals surface area contributed by atoms with Crippen LogP contribution in [0.1, 0.15) is 25.3 Å². The zero-order chi connectivity index (χ0) is 14.7. The van der Waals surface area contributed by atoms with Gasteiger partial charge in [-0.05, 0) is 48.6 Å². The first kappa shape index (κ1) is 14.4. The summed E-state index contributed by atoms with van der Waals surface area (Å²) >= 11 is 0. The lowest BCUT2D eigenvalue weighted by atomic mass is 9.98. The maximum Gasteiger partial charge on any atom is 0.250 e. The average molecular weight is 270 g/mol. The van der Waals surface area contributed by atoms with Crippen LogP contribution in [0.15, 0.2) is 53.1 Å². The number of hydrogen-bond acceptors (Lipinski definition) is 2. The molecule has 2 rings (SSSR count). The highest BCUT2D eigenvalue weighted by Gasteiger charge is 2.13. The molecule has 1 aliphatic rings. The maximum absolute atomic E-state index is 11.4. The molecule has 1 aromatic heterocycles. The topological polar surface area (TPSA) is 25.2 Å². The van der Waals surface area contributed by atoms with E-state index in [2.05, 4.69) is 31.5 Å². The number of likely N-dealkylation sites (N-methyl/N-ethyl adjacent to an activating group) is 1. The highest BCUT2D eigenvalue weighted by molar-refractivity contribution is 5.66. The van der Waals surface area contributed by atoms with Gasteiger partial charge in [-0.25, -0.2) is 0 Å². The molecule has 3 heteroatoms. The summed E-state index contributed by atoms with van der Waals surface area (Å²) in [5.41, 5.74) is 4.80. The van der Waals surface area contributed by atoms with Crippen molar-refractivity contribution < 1.29 is 0 Å². The van der Waals surface area contributed by atoms with Crippen LogP contribution in [0.2, 0.25) is 0 Å². The minimum atomic E-state index is 0.0185. The van der Waals surface area contributed by atoms with Crippen LogP contribution in [-0.2, 0) is 7.05 Å². The monoisotopic (exact) mass is 270 g/mol. The smallest absolute Gasteiger partial charge is 0.250 e. The summed E-state index contributed by atoms with van der Waals surface area (Å²) in [6.45, 7) is 7.08. The Hall–Kier alpha value is -2.03. The molecule has 20 heavy (non-hydrogen) atoms. The first-order chi connectivity index (χ1) is 9.52. The Morgan fingerprint density at radius 1 is 1.35 bits per heavy atom. The molecule has 0 radical (unpaired) electrons. The number of pyridine rings is 1. The minimum absolute atomic E-state index is 0.0185. The fourth-order valence-corrected chi connectivity index (χ4v) is 2.61. The number of aromatic nitrogens is 1. The first-order valence-electron chi connectivity index (χ1n) is 6.95. The van der Waals surface area contributed by atoms with Crippen LogP contribution in [0.4, 0.5) is 0 Å². The lowest BCUT2D eigenvalue weighted by molar-refractivity contribution is 0.394. The molecule has 3 nitrogen and oxygen atoms in total. The number of allylic oxidation sites excluding steroid dienone is 4. The normalized spacial score (nSPS) is 16.6. The van der Waals surface area contributed by atoms with Crippen molar-refractivity contribution in [3.05, 3.63) is 64.2 Å². The third kappa shape index (κ3) is 2.93. The fraction of sp³-hybridized carbons (Fsp3) is 0.353. The van der Waals surface area contributed by atoms with Crippen molar-refractivity contribution in [1.82, 2.24) is 9.47 Å². The van der Waals surface area contributed by atoms with Gasteiger partial charge >= 0.3 is 0 Å². The SMILES string of the molecule is C=CC1=C(/C=C(\C)c2ccc(=O)n(C)c2)CCCN1C. The molecular weight excluding hydrogens is 248 g/mol. The quantitative estimate of drug-likeness (QED) is 0.843. The van der Waals surface area contributed by atoms with E-state index >= 15 is 0 Å². The molecule has 0 unspecified atom stereocenters. The van der Waals surface area contributed by atoms with Crippen molar-refractivity contribution in [2.75, 3.05) is 13.6 Å². The summed E-state index contributed by atoms with van der Waals surface area (Å²) in [5.74, 6) is 0. The molecule has 0 aromatic carbocycles. The zero-order valence-corrected chi connectivity index (χ0v) is 12.5. The Labute approximate surface area is 120 Å². The third-order valence-corrected chi connectivity index (χ3v) is 3.81. The van der Waals surface area contributed by atoms with Crippen molar-refractivity contribution >= 4 is 5.57 Å². The lowest BCUT2D eigenvalue weighted by Crippen LogP contribution is -2.23. The summed E-state index contributed by atoms with van der Waals surface area (Å²) < 4.78 is 1.61. The molecule has 0 N–H and O–H groups in total. The van der Waals surface area contributed by atoms with E-state index in [1.165, 1.54) is 23.3 Å². The van der Waals surface area contributed by atoms with Crippen LogP contribution in [0, 0.1) is 0 Å². The third-order valence-electron chi connectivity index (χ3n) is 3.81. The highest BCUT2D eigenvalue weighted by atomic mass is 16.1. The molecule has 1 aromatic rings. The van der Waals surface area contributed by atoms with Gasteiger partial charge in [-0.2, -0.15) is 0 Å². The zero-order valence-electron chi connectivity index (χ0n) is 12.5. The Morgan fingerprint density at radius 2 is 2.10 bits per heavy atom.